The van der Waals surface area contributed by atoms with Crippen LogP contribution in [0.2, 0.25) is 0 Å². The highest BCUT2D eigenvalue weighted by molar-refractivity contribution is 6.09. The maximum absolute atomic E-state index is 13.8. The first-order valence-electron chi connectivity index (χ1n) is 12.4. The standard InChI is InChI=1S/C32H27FN2O3/c1-22-9-11-23(12-10-22)17-18-34-31(36)26-15-13-24(14-16-26)20-30-32(37)35(21-25-5-4-6-27(33)19-25)28-7-2-3-8-29(28)38-30/h2-16,19-20H,17-18,21H2,1H3,(H,34,36). The highest BCUT2D eigenvalue weighted by atomic mass is 19.1. The van der Waals surface area contributed by atoms with Crippen LogP contribution < -0.4 is 15.0 Å². The molecule has 0 radical (unpaired) electrons. The second-order valence-corrected chi connectivity index (χ2v) is 9.21. The Morgan fingerprint density at radius 1 is 0.921 bits per heavy atom. The van der Waals surface area contributed by atoms with Gasteiger partial charge in [0.15, 0.2) is 11.5 Å². The number of hydrogen-bond donors (Lipinski definition) is 1. The Morgan fingerprint density at radius 3 is 2.45 bits per heavy atom. The average molecular weight is 507 g/mol. The summed E-state index contributed by atoms with van der Waals surface area (Å²) in [5.74, 6) is -0.149. The minimum atomic E-state index is -0.355. The smallest absolute Gasteiger partial charge is 0.294 e. The number of aryl methyl sites for hydroxylation is 1. The first-order chi connectivity index (χ1) is 18.5. The molecule has 0 saturated heterocycles. The maximum atomic E-state index is 13.8. The Hall–Kier alpha value is -4.71. The van der Waals surface area contributed by atoms with E-state index in [1.165, 1.54) is 23.3 Å². The first kappa shape index (κ1) is 25.0. The van der Waals surface area contributed by atoms with E-state index in [1.54, 1.807) is 59.5 Å². The summed E-state index contributed by atoms with van der Waals surface area (Å²) in [6.45, 7) is 2.79. The lowest BCUT2D eigenvalue weighted by Crippen LogP contribution is -2.36. The summed E-state index contributed by atoms with van der Waals surface area (Å²) in [5, 5.41) is 2.95. The van der Waals surface area contributed by atoms with Crippen LogP contribution in [-0.2, 0) is 17.8 Å². The van der Waals surface area contributed by atoms with Crippen LogP contribution in [0.1, 0.15) is 32.6 Å². The predicted octanol–water partition coefficient (Wildman–Crippen LogP) is 6.07. The lowest BCUT2D eigenvalue weighted by molar-refractivity contribution is -0.117. The topological polar surface area (TPSA) is 58.6 Å². The molecule has 0 aromatic heterocycles. The van der Waals surface area contributed by atoms with E-state index in [4.69, 9.17) is 4.74 Å². The van der Waals surface area contributed by atoms with Gasteiger partial charge in [0.05, 0.1) is 12.2 Å². The molecule has 190 valence electrons. The normalized spacial score (nSPS) is 13.7. The van der Waals surface area contributed by atoms with Gasteiger partial charge in [0, 0.05) is 12.1 Å². The Bertz CT molecular complexity index is 1490. The second-order valence-electron chi connectivity index (χ2n) is 9.21. The van der Waals surface area contributed by atoms with Gasteiger partial charge < -0.3 is 10.1 Å². The van der Waals surface area contributed by atoms with E-state index in [1.807, 2.05) is 19.1 Å². The predicted molar refractivity (Wildman–Crippen MR) is 146 cm³/mol. The number of para-hydroxylation sites is 2. The van der Waals surface area contributed by atoms with E-state index >= 15 is 0 Å². The minimum absolute atomic E-state index is 0.149. The fraction of sp³-hybridized carbons (Fsp3) is 0.125. The van der Waals surface area contributed by atoms with Gasteiger partial charge in [-0.1, -0.05) is 66.2 Å². The van der Waals surface area contributed by atoms with Gasteiger partial charge in [-0.15, -0.1) is 0 Å². The molecule has 4 aromatic carbocycles. The number of rotatable bonds is 7. The Morgan fingerprint density at radius 2 is 1.68 bits per heavy atom. The van der Waals surface area contributed by atoms with Gasteiger partial charge >= 0.3 is 0 Å². The molecule has 1 heterocycles. The molecule has 0 spiro atoms. The number of anilines is 1. The van der Waals surface area contributed by atoms with Crippen LogP contribution in [-0.4, -0.2) is 18.4 Å². The van der Waals surface area contributed by atoms with Crippen molar-refractivity contribution in [2.45, 2.75) is 19.9 Å². The summed E-state index contributed by atoms with van der Waals surface area (Å²) in [7, 11) is 0. The van der Waals surface area contributed by atoms with E-state index < -0.39 is 0 Å². The maximum Gasteiger partial charge on any atom is 0.294 e. The van der Waals surface area contributed by atoms with E-state index in [0.29, 0.717) is 29.1 Å². The van der Waals surface area contributed by atoms with E-state index in [2.05, 4.69) is 29.6 Å². The van der Waals surface area contributed by atoms with Crippen molar-refractivity contribution in [2.24, 2.45) is 0 Å². The number of carbonyl (C=O) groups excluding carboxylic acids is 2. The molecule has 0 bridgehead atoms. The average Bonchev–Trinajstić information content (AvgIpc) is 2.92. The first-order valence-corrected chi connectivity index (χ1v) is 12.4. The van der Waals surface area contributed by atoms with Crippen molar-refractivity contribution in [1.29, 1.82) is 0 Å². The summed E-state index contributed by atoms with van der Waals surface area (Å²) in [5.41, 5.74) is 4.92. The Balaban J connectivity index is 1.29. The molecule has 1 N–H and O–H groups in total. The number of nitrogens with zero attached hydrogens (tertiary/aromatic N) is 1. The van der Waals surface area contributed by atoms with Gasteiger partial charge in [0.1, 0.15) is 5.82 Å². The molecule has 0 fully saturated rings. The second kappa shape index (κ2) is 11.1. The molecule has 2 amide bonds. The number of nitrogens with one attached hydrogen (secondary N) is 1. The third kappa shape index (κ3) is 5.81. The van der Waals surface area contributed by atoms with Gasteiger partial charge in [0.25, 0.3) is 11.8 Å². The van der Waals surface area contributed by atoms with Gasteiger partial charge in [-0.05, 0) is 72.5 Å². The number of ether oxygens (including phenoxy) is 1. The molecular formula is C32H27FN2O3. The van der Waals surface area contributed by atoms with Crippen LogP contribution in [0.15, 0.2) is 103 Å². The van der Waals surface area contributed by atoms with E-state index in [-0.39, 0.29) is 29.9 Å². The van der Waals surface area contributed by atoms with Crippen molar-refractivity contribution in [2.75, 3.05) is 11.4 Å². The van der Waals surface area contributed by atoms with E-state index in [0.717, 1.165) is 12.0 Å². The molecule has 38 heavy (non-hydrogen) atoms. The van der Waals surface area contributed by atoms with Crippen molar-refractivity contribution >= 4 is 23.6 Å². The Labute approximate surface area is 221 Å². The molecule has 0 atom stereocenters. The molecule has 1 aliphatic rings. The zero-order valence-corrected chi connectivity index (χ0v) is 21.0. The molecule has 6 heteroatoms. The number of carbonyl (C=O) groups is 2. The molecule has 5 nitrogen and oxygen atoms in total. The molecule has 0 saturated carbocycles. The van der Waals surface area contributed by atoms with Crippen LogP contribution in [0.3, 0.4) is 0 Å². The lowest BCUT2D eigenvalue weighted by atomic mass is 10.1. The number of benzene rings is 4. The van der Waals surface area contributed by atoms with Gasteiger partial charge in [-0.2, -0.15) is 0 Å². The van der Waals surface area contributed by atoms with Gasteiger partial charge in [0.2, 0.25) is 0 Å². The van der Waals surface area contributed by atoms with E-state index in [9.17, 15) is 14.0 Å². The van der Waals surface area contributed by atoms with Crippen LogP contribution in [0, 0.1) is 12.7 Å². The highest BCUT2D eigenvalue weighted by Gasteiger charge is 2.30. The Kier molecular flexibility index (Phi) is 7.31. The van der Waals surface area contributed by atoms with Crippen molar-refractivity contribution in [3.05, 3.63) is 136 Å². The fourth-order valence-corrected chi connectivity index (χ4v) is 4.30. The summed E-state index contributed by atoms with van der Waals surface area (Å²) in [4.78, 5) is 27.5. The van der Waals surface area contributed by atoms with Crippen molar-refractivity contribution in [1.82, 2.24) is 5.32 Å². The summed E-state index contributed by atoms with van der Waals surface area (Å²) < 4.78 is 19.7. The minimum Gasteiger partial charge on any atom is -0.449 e. The number of fused-ring (bicyclic) bond motifs is 1. The zero-order valence-electron chi connectivity index (χ0n) is 21.0. The monoisotopic (exact) mass is 506 g/mol. The number of hydrogen-bond acceptors (Lipinski definition) is 3. The van der Waals surface area contributed by atoms with Crippen LogP contribution in [0.25, 0.3) is 6.08 Å². The zero-order chi connectivity index (χ0) is 26.5. The third-order valence-corrected chi connectivity index (χ3v) is 6.35. The van der Waals surface area contributed by atoms with Gasteiger partial charge in [-0.25, -0.2) is 4.39 Å². The highest BCUT2D eigenvalue weighted by Crippen LogP contribution is 2.36. The fourth-order valence-electron chi connectivity index (χ4n) is 4.30. The quantitative estimate of drug-likeness (QED) is 0.310. The number of amides is 2. The van der Waals surface area contributed by atoms with Crippen LogP contribution in [0.5, 0.6) is 5.75 Å². The molecular weight excluding hydrogens is 479 g/mol. The SMILES string of the molecule is Cc1ccc(CCNC(=O)c2ccc(C=C3Oc4ccccc4N(Cc4cccc(F)c4)C3=O)cc2)cc1. The van der Waals surface area contributed by atoms with Crippen molar-refractivity contribution < 1.29 is 18.7 Å². The van der Waals surface area contributed by atoms with Crippen molar-refractivity contribution in [3.63, 3.8) is 0 Å². The van der Waals surface area contributed by atoms with Crippen LogP contribution in [0.4, 0.5) is 10.1 Å². The molecule has 0 unspecified atom stereocenters. The summed E-state index contributed by atoms with van der Waals surface area (Å²) >= 11 is 0. The van der Waals surface area contributed by atoms with Crippen LogP contribution >= 0.6 is 0 Å². The van der Waals surface area contributed by atoms with Crippen molar-refractivity contribution in [3.8, 4) is 5.75 Å². The third-order valence-electron chi connectivity index (χ3n) is 6.35. The molecule has 5 rings (SSSR count). The van der Waals surface area contributed by atoms with Gasteiger partial charge in [-0.3, -0.25) is 14.5 Å². The molecule has 0 aliphatic carbocycles. The summed E-state index contributed by atoms with van der Waals surface area (Å²) in [6, 6.07) is 28.7. The largest absolute Gasteiger partial charge is 0.449 e. The number of halogens is 1. The summed E-state index contributed by atoms with van der Waals surface area (Å²) in [6.07, 6.45) is 2.40. The lowest BCUT2D eigenvalue weighted by Gasteiger charge is -2.30. The molecule has 1 aliphatic heterocycles. The molecule has 4 aromatic rings.